The van der Waals surface area contributed by atoms with Crippen molar-refractivity contribution >= 4 is 17.9 Å². The average Bonchev–Trinajstić information content (AvgIpc) is 2.75. The van der Waals surface area contributed by atoms with Crippen LogP contribution in [0.15, 0.2) is 72.8 Å². The number of hydrazine groups is 1. The standard InChI is InChI=1S/C24H24FN3OS/c1-17-12-20(19-10-6-3-7-11-19)13-22(23(17)25)24(29)26-27-30-21-15-28(16-21)14-18-8-4-2-5-9-18/h2-13,21,27H,14-16H2,1H3,(H,26,29). The molecule has 0 atom stereocenters. The first-order chi connectivity index (χ1) is 14.6. The third-order valence-electron chi connectivity index (χ3n) is 5.17. The van der Waals surface area contributed by atoms with Gasteiger partial charge in [0, 0.05) is 24.9 Å². The Balaban J connectivity index is 1.29. The second kappa shape index (κ2) is 9.43. The molecule has 154 valence electrons. The fourth-order valence-electron chi connectivity index (χ4n) is 3.53. The Morgan fingerprint density at radius 3 is 2.40 bits per heavy atom. The molecule has 1 aliphatic rings. The predicted molar refractivity (Wildman–Crippen MR) is 120 cm³/mol. The monoisotopic (exact) mass is 421 g/mol. The molecule has 1 heterocycles. The Hall–Kier alpha value is -2.67. The topological polar surface area (TPSA) is 44.4 Å². The second-order valence-corrected chi connectivity index (χ2v) is 8.60. The summed E-state index contributed by atoms with van der Waals surface area (Å²) in [4.78, 5) is 17.8. The minimum atomic E-state index is -0.489. The lowest BCUT2D eigenvalue weighted by Gasteiger charge is -2.38. The highest BCUT2D eigenvalue weighted by Gasteiger charge is 2.27. The van der Waals surface area contributed by atoms with Gasteiger partial charge in [0.2, 0.25) is 0 Å². The number of halogens is 1. The summed E-state index contributed by atoms with van der Waals surface area (Å²) in [6.07, 6.45) is 0. The van der Waals surface area contributed by atoms with Crippen molar-refractivity contribution in [3.63, 3.8) is 0 Å². The van der Waals surface area contributed by atoms with Gasteiger partial charge in [0.15, 0.2) is 0 Å². The molecule has 1 aliphatic heterocycles. The van der Waals surface area contributed by atoms with Gasteiger partial charge >= 0.3 is 0 Å². The lowest BCUT2D eigenvalue weighted by molar-refractivity contribution is 0.0942. The Morgan fingerprint density at radius 1 is 1.03 bits per heavy atom. The molecule has 4 rings (SSSR count). The van der Waals surface area contributed by atoms with E-state index in [-0.39, 0.29) is 5.56 Å². The summed E-state index contributed by atoms with van der Waals surface area (Å²) in [5.41, 5.74) is 6.19. The largest absolute Gasteiger partial charge is 0.297 e. The van der Waals surface area contributed by atoms with Crippen molar-refractivity contribution in [2.24, 2.45) is 0 Å². The van der Waals surface area contributed by atoms with Crippen molar-refractivity contribution in [1.29, 1.82) is 0 Å². The normalized spacial score (nSPS) is 14.3. The number of amides is 1. The highest BCUT2D eigenvalue weighted by Crippen LogP contribution is 2.25. The van der Waals surface area contributed by atoms with Gasteiger partial charge in [-0.3, -0.25) is 15.1 Å². The van der Waals surface area contributed by atoms with Crippen LogP contribution >= 0.6 is 11.9 Å². The number of carbonyl (C=O) groups is 1. The van der Waals surface area contributed by atoms with E-state index < -0.39 is 11.7 Å². The molecule has 3 aromatic carbocycles. The molecule has 1 amide bonds. The maximum atomic E-state index is 14.6. The molecule has 2 N–H and O–H groups in total. The van der Waals surface area contributed by atoms with E-state index >= 15 is 0 Å². The maximum absolute atomic E-state index is 14.6. The van der Waals surface area contributed by atoms with Crippen LogP contribution in [-0.4, -0.2) is 29.1 Å². The average molecular weight is 422 g/mol. The molecule has 0 aromatic heterocycles. The van der Waals surface area contributed by atoms with Crippen LogP contribution in [0.4, 0.5) is 4.39 Å². The first kappa shape index (κ1) is 20.6. The summed E-state index contributed by atoms with van der Waals surface area (Å²) in [6, 6.07) is 23.4. The number of aryl methyl sites for hydroxylation is 1. The number of carbonyl (C=O) groups excluding carboxylic acids is 1. The quantitative estimate of drug-likeness (QED) is 0.433. The summed E-state index contributed by atoms with van der Waals surface area (Å²) in [6.45, 7) is 4.50. The summed E-state index contributed by atoms with van der Waals surface area (Å²) < 4.78 is 14.6. The van der Waals surface area contributed by atoms with E-state index in [4.69, 9.17) is 0 Å². The number of rotatable bonds is 7. The van der Waals surface area contributed by atoms with E-state index in [0.717, 1.165) is 30.8 Å². The molecule has 1 saturated heterocycles. The van der Waals surface area contributed by atoms with E-state index in [1.807, 2.05) is 48.5 Å². The Bertz CT molecular complexity index is 1010. The van der Waals surface area contributed by atoms with Gasteiger partial charge in [0.25, 0.3) is 5.91 Å². The summed E-state index contributed by atoms with van der Waals surface area (Å²) in [5.74, 6) is -0.960. The Kier molecular flexibility index (Phi) is 6.47. The van der Waals surface area contributed by atoms with Crippen LogP contribution in [0, 0.1) is 12.7 Å². The molecule has 4 nitrogen and oxygen atoms in total. The molecular formula is C24H24FN3OS. The van der Waals surface area contributed by atoms with Gasteiger partial charge in [0.1, 0.15) is 5.82 Å². The molecule has 3 aromatic rings. The van der Waals surface area contributed by atoms with Crippen LogP contribution in [0.2, 0.25) is 0 Å². The summed E-state index contributed by atoms with van der Waals surface area (Å²) in [5, 5.41) is 0.385. The molecule has 6 heteroatoms. The van der Waals surface area contributed by atoms with Crippen LogP contribution in [0.5, 0.6) is 0 Å². The van der Waals surface area contributed by atoms with Gasteiger partial charge in [-0.25, -0.2) is 4.39 Å². The van der Waals surface area contributed by atoms with Crippen LogP contribution in [-0.2, 0) is 6.54 Å². The zero-order chi connectivity index (χ0) is 20.9. The molecule has 0 unspecified atom stereocenters. The van der Waals surface area contributed by atoms with E-state index in [2.05, 4.69) is 27.3 Å². The van der Waals surface area contributed by atoms with Crippen molar-refractivity contribution in [3.05, 3.63) is 95.3 Å². The molecule has 0 saturated carbocycles. The van der Waals surface area contributed by atoms with Crippen molar-refractivity contribution in [2.75, 3.05) is 13.1 Å². The first-order valence-corrected chi connectivity index (χ1v) is 10.8. The first-order valence-electron chi connectivity index (χ1n) is 9.93. The SMILES string of the molecule is Cc1cc(-c2ccccc2)cc(C(=O)NNSC2CN(Cc3ccccc3)C2)c1F. The highest BCUT2D eigenvalue weighted by molar-refractivity contribution is 7.98. The number of benzene rings is 3. The second-order valence-electron chi connectivity index (χ2n) is 7.50. The van der Waals surface area contributed by atoms with Crippen molar-refractivity contribution in [1.82, 2.24) is 15.2 Å². The molecular weight excluding hydrogens is 397 g/mol. The van der Waals surface area contributed by atoms with Crippen LogP contribution in [0.25, 0.3) is 11.1 Å². The van der Waals surface area contributed by atoms with E-state index in [1.165, 1.54) is 17.5 Å². The number of nitrogens with zero attached hydrogens (tertiary/aromatic N) is 1. The molecule has 0 bridgehead atoms. The Morgan fingerprint density at radius 2 is 1.70 bits per heavy atom. The maximum Gasteiger partial charge on any atom is 0.269 e. The smallest absolute Gasteiger partial charge is 0.269 e. The number of nitrogens with one attached hydrogen (secondary N) is 2. The highest BCUT2D eigenvalue weighted by atomic mass is 32.2. The van der Waals surface area contributed by atoms with Gasteiger partial charge in [-0.2, -0.15) is 4.83 Å². The zero-order valence-electron chi connectivity index (χ0n) is 16.8. The number of likely N-dealkylation sites (tertiary alicyclic amines) is 1. The summed E-state index contributed by atoms with van der Waals surface area (Å²) in [7, 11) is 0. The van der Waals surface area contributed by atoms with Crippen LogP contribution < -0.4 is 10.3 Å². The van der Waals surface area contributed by atoms with Crippen molar-refractivity contribution in [2.45, 2.75) is 18.7 Å². The van der Waals surface area contributed by atoms with E-state index in [0.29, 0.717) is 10.8 Å². The van der Waals surface area contributed by atoms with Crippen LogP contribution in [0.3, 0.4) is 0 Å². The summed E-state index contributed by atoms with van der Waals surface area (Å²) >= 11 is 1.47. The zero-order valence-corrected chi connectivity index (χ0v) is 17.6. The number of hydrogen-bond acceptors (Lipinski definition) is 4. The van der Waals surface area contributed by atoms with Gasteiger partial charge < -0.3 is 0 Å². The van der Waals surface area contributed by atoms with Crippen LogP contribution in [0.1, 0.15) is 21.5 Å². The Labute approximate surface area is 180 Å². The van der Waals surface area contributed by atoms with Crippen molar-refractivity contribution in [3.8, 4) is 11.1 Å². The number of hydrogen-bond donors (Lipinski definition) is 2. The molecule has 0 aliphatic carbocycles. The minimum Gasteiger partial charge on any atom is -0.297 e. The van der Waals surface area contributed by atoms with E-state index in [9.17, 15) is 9.18 Å². The molecule has 0 radical (unpaired) electrons. The lowest BCUT2D eigenvalue weighted by Crippen LogP contribution is -2.50. The fraction of sp³-hybridized carbons (Fsp3) is 0.208. The van der Waals surface area contributed by atoms with Gasteiger partial charge in [-0.05, 0) is 41.3 Å². The van der Waals surface area contributed by atoms with Gasteiger partial charge in [-0.15, -0.1) is 0 Å². The molecule has 1 fully saturated rings. The van der Waals surface area contributed by atoms with Crippen molar-refractivity contribution < 1.29 is 9.18 Å². The lowest BCUT2D eigenvalue weighted by atomic mass is 9.99. The molecule has 30 heavy (non-hydrogen) atoms. The molecule has 0 spiro atoms. The van der Waals surface area contributed by atoms with Gasteiger partial charge in [0.05, 0.1) is 5.56 Å². The fourth-order valence-corrected chi connectivity index (χ4v) is 4.42. The predicted octanol–water partition coefficient (Wildman–Crippen LogP) is 4.57. The minimum absolute atomic E-state index is 0.0428. The van der Waals surface area contributed by atoms with Gasteiger partial charge in [-0.1, -0.05) is 72.6 Å². The van der Waals surface area contributed by atoms with E-state index in [1.54, 1.807) is 19.1 Å². The third-order valence-corrected chi connectivity index (χ3v) is 6.02. The third kappa shape index (κ3) is 4.90.